The van der Waals surface area contributed by atoms with Gasteiger partial charge < -0.3 is 19.1 Å². The number of carbonyl (C=O) groups is 2. The zero-order valence-electron chi connectivity index (χ0n) is 19.6. The molecule has 3 aliphatic rings. The fourth-order valence-corrected chi connectivity index (χ4v) is 4.60. The number of halogens is 1. The van der Waals surface area contributed by atoms with Gasteiger partial charge in [0.2, 0.25) is 12.7 Å². The molecule has 8 nitrogen and oxygen atoms in total. The minimum Gasteiger partial charge on any atom is -0.454 e. The Labute approximate surface area is 203 Å². The fourth-order valence-electron chi connectivity index (χ4n) is 4.60. The van der Waals surface area contributed by atoms with Crippen LogP contribution in [0.15, 0.2) is 47.6 Å². The van der Waals surface area contributed by atoms with E-state index in [4.69, 9.17) is 14.2 Å². The number of hydrogen-bond donors (Lipinski definition) is 0. The normalized spacial score (nSPS) is 18.9. The summed E-state index contributed by atoms with van der Waals surface area (Å²) in [5, 5.41) is 5.94. The lowest BCUT2D eigenvalue weighted by Crippen LogP contribution is -2.46. The minimum absolute atomic E-state index is 0.0289. The maximum absolute atomic E-state index is 14.6. The van der Waals surface area contributed by atoms with E-state index in [-0.39, 0.29) is 31.1 Å². The van der Waals surface area contributed by atoms with Gasteiger partial charge >= 0.3 is 0 Å². The van der Waals surface area contributed by atoms with Gasteiger partial charge in [-0.05, 0) is 36.6 Å². The van der Waals surface area contributed by atoms with E-state index in [1.165, 1.54) is 11.1 Å². The van der Waals surface area contributed by atoms with E-state index in [0.717, 1.165) is 24.8 Å². The summed E-state index contributed by atoms with van der Waals surface area (Å²) in [5.41, 5.74) is 1.63. The second-order valence-electron chi connectivity index (χ2n) is 8.98. The summed E-state index contributed by atoms with van der Waals surface area (Å²) < 4.78 is 30.7. The van der Waals surface area contributed by atoms with Crippen molar-refractivity contribution >= 4 is 17.5 Å². The first-order valence-corrected chi connectivity index (χ1v) is 11.9. The second-order valence-corrected chi connectivity index (χ2v) is 8.98. The first-order valence-electron chi connectivity index (χ1n) is 11.9. The highest BCUT2D eigenvalue weighted by molar-refractivity contribution is 6.03. The summed E-state index contributed by atoms with van der Waals surface area (Å²) in [7, 11) is 1.56. The zero-order valence-corrected chi connectivity index (χ0v) is 19.6. The standard InChI is InChI=1S/C26H28FN3O5/c1-33-12-11-29(26(32)17-5-4-6-17)15-25(31)30-22(18-9-10-23-24(13-18)35-16-34-23)14-21(28-30)19-7-2-3-8-20(19)27/h2-3,7-10,13,17,22H,4-6,11-12,14-16H2,1H3. The number of ether oxygens (including phenoxy) is 3. The van der Waals surface area contributed by atoms with Crippen LogP contribution < -0.4 is 9.47 Å². The van der Waals surface area contributed by atoms with Crippen LogP contribution in [-0.4, -0.2) is 61.0 Å². The Balaban J connectivity index is 1.43. The number of carbonyl (C=O) groups excluding carboxylic acids is 2. The lowest BCUT2D eigenvalue weighted by molar-refractivity contribution is -0.146. The third kappa shape index (κ3) is 4.73. The molecule has 1 fully saturated rings. The van der Waals surface area contributed by atoms with E-state index in [1.807, 2.05) is 12.1 Å². The summed E-state index contributed by atoms with van der Waals surface area (Å²) in [6.45, 7) is 0.680. The first kappa shape index (κ1) is 23.3. The van der Waals surface area contributed by atoms with Crippen molar-refractivity contribution in [2.75, 3.05) is 33.6 Å². The molecule has 9 heteroatoms. The third-order valence-corrected chi connectivity index (χ3v) is 6.79. The quantitative estimate of drug-likeness (QED) is 0.577. The van der Waals surface area contributed by atoms with E-state index < -0.39 is 11.9 Å². The highest BCUT2D eigenvalue weighted by Crippen LogP contribution is 2.39. The highest BCUT2D eigenvalue weighted by Gasteiger charge is 2.37. The molecular weight excluding hydrogens is 453 g/mol. The smallest absolute Gasteiger partial charge is 0.262 e. The molecule has 1 unspecified atom stereocenters. The molecule has 2 aliphatic heterocycles. The molecular formula is C26H28FN3O5. The van der Waals surface area contributed by atoms with E-state index in [2.05, 4.69) is 5.10 Å². The molecule has 5 rings (SSSR count). The van der Waals surface area contributed by atoms with Crippen molar-refractivity contribution in [2.24, 2.45) is 11.0 Å². The number of methoxy groups -OCH3 is 1. The molecule has 0 spiro atoms. The van der Waals surface area contributed by atoms with Crippen LogP contribution in [0.2, 0.25) is 0 Å². The molecule has 35 heavy (non-hydrogen) atoms. The van der Waals surface area contributed by atoms with E-state index in [9.17, 15) is 14.0 Å². The molecule has 0 saturated heterocycles. The van der Waals surface area contributed by atoms with E-state index in [1.54, 1.807) is 36.3 Å². The highest BCUT2D eigenvalue weighted by atomic mass is 19.1. The fraction of sp³-hybridized carbons (Fsp3) is 0.423. The van der Waals surface area contributed by atoms with Gasteiger partial charge in [-0.1, -0.05) is 30.7 Å². The number of nitrogens with zero attached hydrogens (tertiary/aromatic N) is 3. The molecule has 2 aromatic carbocycles. The van der Waals surface area contributed by atoms with Gasteiger partial charge in [0.1, 0.15) is 12.4 Å². The van der Waals surface area contributed by atoms with Gasteiger partial charge in [-0.25, -0.2) is 9.40 Å². The lowest BCUT2D eigenvalue weighted by atomic mass is 9.84. The van der Waals surface area contributed by atoms with Gasteiger partial charge in [0.15, 0.2) is 11.5 Å². The average Bonchev–Trinajstić information content (AvgIpc) is 3.47. The van der Waals surface area contributed by atoms with E-state index >= 15 is 0 Å². The molecule has 1 saturated carbocycles. The van der Waals surface area contributed by atoms with Crippen molar-refractivity contribution in [3.8, 4) is 11.5 Å². The molecule has 2 aromatic rings. The van der Waals surface area contributed by atoms with Gasteiger partial charge in [-0.3, -0.25) is 9.59 Å². The summed E-state index contributed by atoms with van der Waals surface area (Å²) in [6.07, 6.45) is 3.04. The van der Waals surface area contributed by atoms with Crippen LogP contribution in [0.1, 0.15) is 42.9 Å². The molecule has 0 N–H and O–H groups in total. The number of hydrazone groups is 1. The van der Waals surface area contributed by atoms with Crippen molar-refractivity contribution in [3.63, 3.8) is 0 Å². The molecule has 0 radical (unpaired) electrons. The first-order chi connectivity index (χ1) is 17.0. The van der Waals surface area contributed by atoms with Crippen LogP contribution in [0.3, 0.4) is 0 Å². The molecule has 1 atom stereocenters. The molecule has 2 heterocycles. The second kappa shape index (κ2) is 10.0. The van der Waals surface area contributed by atoms with Gasteiger partial charge in [0, 0.05) is 31.6 Å². The van der Waals surface area contributed by atoms with Crippen LogP contribution >= 0.6 is 0 Å². The Morgan fingerprint density at radius 3 is 2.71 bits per heavy atom. The van der Waals surface area contributed by atoms with Crippen molar-refractivity contribution in [2.45, 2.75) is 31.7 Å². The Bertz CT molecular complexity index is 1150. The minimum atomic E-state index is -0.463. The molecule has 2 amide bonds. The number of rotatable bonds is 8. The van der Waals surface area contributed by atoms with Crippen molar-refractivity contribution in [1.82, 2.24) is 9.91 Å². The predicted octanol–water partition coefficient (Wildman–Crippen LogP) is 3.51. The lowest BCUT2D eigenvalue weighted by Gasteiger charge is -2.32. The molecule has 184 valence electrons. The van der Waals surface area contributed by atoms with Gasteiger partial charge in [0.05, 0.1) is 18.4 Å². The number of hydrogen-bond acceptors (Lipinski definition) is 6. The maximum Gasteiger partial charge on any atom is 0.262 e. The zero-order chi connectivity index (χ0) is 24.4. The summed E-state index contributed by atoms with van der Waals surface area (Å²) in [6, 6.07) is 11.4. The van der Waals surface area contributed by atoms with Crippen molar-refractivity contribution in [3.05, 3.63) is 59.4 Å². The Kier molecular flexibility index (Phi) is 6.68. The Morgan fingerprint density at radius 1 is 1.17 bits per heavy atom. The van der Waals surface area contributed by atoms with E-state index in [0.29, 0.717) is 42.3 Å². The molecule has 1 aliphatic carbocycles. The van der Waals surface area contributed by atoms with Gasteiger partial charge in [-0.15, -0.1) is 0 Å². The van der Waals surface area contributed by atoms with Crippen molar-refractivity contribution < 1.29 is 28.2 Å². The van der Waals surface area contributed by atoms with Crippen molar-refractivity contribution in [1.29, 1.82) is 0 Å². The summed E-state index contributed by atoms with van der Waals surface area (Å²) >= 11 is 0. The SMILES string of the molecule is COCCN(CC(=O)N1N=C(c2ccccc2F)CC1c1ccc2c(c1)OCO2)C(=O)C1CCC1. The number of fused-ring (bicyclic) bond motifs is 1. The Hall–Kier alpha value is -3.46. The molecule has 0 aromatic heterocycles. The number of amides is 2. The topological polar surface area (TPSA) is 80.7 Å². The van der Waals surface area contributed by atoms with Crippen LogP contribution in [0.25, 0.3) is 0 Å². The van der Waals surface area contributed by atoms with Crippen LogP contribution in [0.4, 0.5) is 4.39 Å². The number of benzene rings is 2. The summed E-state index contributed by atoms with van der Waals surface area (Å²) in [5.74, 6) is 0.432. The van der Waals surface area contributed by atoms with Gasteiger partial charge in [-0.2, -0.15) is 5.10 Å². The summed E-state index contributed by atoms with van der Waals surface area (Å²) in [4.78, 5) is 28.1. The largest absolute Gasteiger partial charge is 0.454 e. The predicted molar refractivity (Wildman–Crippen MR) is 126 cm³/mol. The maximum atomic E-state index is 14.6. The van der Waals surface area contributed by atoms with Crippen LogP contribution in [-0.2, 0) is 14.3 Å². The third-order valence-electron chi connectivity index (χ3n) is 6.79. The molecule has 0 bridgehead atoms. The Morgan fingerprint density at radius 2 is 1.97 bits per heavy atom. The van der Waals surface area contributed by atoms with Crippen LogP contribution in [0.5, 0.6) is 11.5 Å². The monoisotopic (exact) mass is 481 g/mol. The van der Waals surface area contributed by atoms with Crippen LogP contribution in [0, 0.1) is 11.7 Å². The average molecular weight is 482 g/mol. The van der Waals surface area contributed by atoms with Gasteiger partial charge in [0.25, 0.3) is 5.91 Å².